The third kappa shape index (κ3) is 3.90. The molecular formula is C16H30OS. The highest BCUT2D eigenvalue weighted by molar-refractivity contribution is 7.80. The van der Waals surface area contributed by atoms with Gasteiger partial charge >= 0.3 is 0 Å². The molecule has 0 bridgehead atoms. The predicted molar refractivity (Wildman–Crippen MR) is 81.3 cm³/mol. The van der Waals surface area contributed by atoms with Gasteiger partial charge in [-0.25, -0.2) is 0 Å². The molecule has 0 N–H and O–H groups in total. The highest BCUT2D eigenvalue weighted by Crippen LogP contribution is 2.39. The maximum atomic E-state index is 6.31. The molecule has 0 aromatic rings. The van der Waals surface area contributed by atoms with Crippen LogP contribution in [0.1, 0.15) is 65.2 Å². The van der Waals surface area contributed by atoms with Crippen molar-refractivity contribution in [2.24, 2.45) is 17.3 Å². The minimum atomic E-state index is 0.394. The van der Waals surface area contributed by atoms with E-state index in [1.807, 2.05) is 0 Å². The number of hydrogen-bond acceptors (Lipinski definition) is 2. The van der Waals surface area contributed by atoms with E-state index in [9.17, 15) is 0 Å². The lowest BCUT2D eigenvalue weighted by atomic mass is 9.76. The topological polar surface area (TPSA) is 9.23 Å². The van der Waals surface area contributed by atoms with E-state index in [1.165, 1.54) is 51.4 Å². The van der Waals surface area contributed by atoms with Crippen LogP contribution >= 0.6 is 12.6 Å². The fourth-order valence-corrected chi connectivity index (χ4v) is 4.36. The van der Waals surface area contributed by atoms with Gasteiger partial charge in [0.1, 0.15) is 0 Å². The van der Waals surface area contributed by atoms with Gasteiger partial charge < -0.3 is 4.74 Å². The monoisotopic (exact) mass is 270 g/mol. The molecule has 2 aliphatic carbocycles. The van der Waals surface area contributed by atoms with Gasteiger partial charge in [0.2, 0.25) is 0 Å². The third-order valence-electron chi connectivity index (χ3n) is 5.01. The molecule has 0 saturated heterocycles. The van der Waals surface area contributed by atoms with Crippen molar-refractivity contribution >= 4 is 12.6 Å². The summed E-state index contributed by atoms with van der Waals surface area (Å²) in [7, 11) is 0. The van der Waals surface area contributed by atoms with Crippen LogP contribution in [0.2, 0.25) is 0 Å². The highest BCUT2D eigenvalue weighted by atomic mass is 32.1. The van der Waals surface area contributed by atoms with Crippen LogP contribution in [0.3, 0.4) is 0 Å². The predicted octanol–water partition coefficient (Wildman–Crippen LogP) is 4.71. The largest absolute Gasteiger partial charge is 0.378 e. The maximum absolute atomic E-state index is 6.31. The number of thiol groups is 1. The molecule has 0 amide bonds. The first-order valence-corrected chi connectivity index (χ1v) is 8.49. The molecule has 0 aromatic heterocycles. The summed E-state index contributed by atoms with van der Waals surface area (Å²) >= 11 is 4.60. The molecule has 106 valence electrons. The first kappa shape index (κ1) is 14.7. The summed E-state index contributed by atoms with van der Waals surface area (Å²) in [4.78, 5) is 0. The maximum Gasteiger partial charge on any atom is 0.0580 e. The van der Waals surface area contributed by atoms with Gasteiger partial charge in [0, 0.05) is 5.41 Å². The Labute approximate surface area is 118 Å². The van der Waals surface area contributed by atoms with Crippen LogP contribution in [-0.4, -0.2) is 18.5 Å². The van der Waals surface area contributed by atoms with E-state index >= 15 is 0 Å². The first-order chi connectivity index (χ1) is 8.63. The Kier molecular flexibility index (Phi) is 5.44. The molecule has 0 aliphatic heterocycles. The minimum absolute atomic E-state index is 0.394. The van der Waals surface area contributed by atoms with Gasteiger partial charge in [0.25, 0.3) is 0 Å². The Morgan fingerprint density at radius 1 is 1.00 bits per heavy atom. The molecule has 2 unspecified atom stereocenters. The van der Waals surface area contributed by atoms with Crippen LogP contribution in [0.15, 0.2) is 0 Å². The van der Waals surface area contributed by atoms with Crippen molar-refractivity contribution in [2.75, 3.05) is 12.4 Å². The van der Waals surface area contributed by atoms with Crippen LogP contribution < -0.4 is 0 Å². The molecule has 2 heteroatoms. The van der Waals surface area contributed by atoms with Crippen molar-refractivity contribution in [3.63, 3.8) is 0 Å². The van der Waals surface area contributed by atoms with Crippen LogP contribution in [-0.2, 0) is 4.74 Å². The molecule has 2 rings (SSSR count). The molecule has 2 saturated carbocycles. The Hall–Kier alpha value is 0.310. The Balaban J connectivity index is 1.82. The average molecular weight is 270 g/mol. The molecule has 0 heterocycles. The van der Waals surface area contributed by atoms with Gasteiger partial charge in [-0.05, 0) is 49.7 Å². The third-order valence-corrected chi connectivity index (χ3v) is 5.68. The van der Waals surface area contributed by atoms with E-state index in [0.717, 1.165) is 24.2 Å². The van der Waals surface area contributed by atoms with Crippen LogP contribution in [0.4, 0.5) is 0 Å². The molecule has 1 nitrogen and oxygen atoms in total. The molecule has 2 fully saturated rings. The second-order valence-corrected chi connectivity index (χ2v) is 7.39. The summed E-state index contributed by atoms with van der Waals surface area (Å²) in [6.45, 7) is 5.71. The van der Waals surface area contributed by atoms with Gasteiger partial charge in [-0.2, -0.15) is 12.6 Å². The lowest BCUT2D eigenvalue weighted by molar-refractivity contribution is -0.0464. The second kappa shape index (κ2) is 6.65. The van der Waals surface area contributed by atoms with E-state index < -0.39 is 0 Å². The molecular weight excluding hydrogens is 240 g/mol. The lowest BCUT2D eigenvalue weighted by Gasteiger charge is -2.39. The van der Waals surface area contributed by atoms with Crippen molar-refractivity contribution in [1.82, 2.24) is 0 Å². The summed E-state index contributed by atoms with van der Waals surface area (Å²) in [5.74, 6) is 2.69. The summed E-state index contributed by atoms with van der Waals surface area (Å²) in [6.07, 6.45) is 11.3. The van der Waals surface area contributed by atoms with E-state index in [2.05, 4.69) is 26.5 Å². The number of ether oxygens (including phenoxy) is 1. The summed E-state index contributed by atoms with van der Waals surface area (Å²) in [5.41, 5.74) is 0.394. The van der Waals surface area contributed by atoms with Gasteiger partial charge in [-0.1, -0.05) is 33.1 Å². The quantitative estimate of drug-likeness (QED) is 0.728. The van der Waals surface area contributed by atoms with Crippen molar-refractivity contribution in [2.45, 2.75) is 71.3 Å². The molecule has 2 aliphatic rings. The molecule has 0 radical (unpaired) electrons. The normalized spacial score (nSPS) is 36.5. The van der Waals surface area contributed by atoms with Crippen LogP contribution in [0.5, 0.6) is 0 Å². The summed E-state index contributed by atoms with van der Waals surface area (Å²) < 4.78 is 6.31. The fourth-order valence-electron chi connectivity index (χ4n) is 3.95. The lowest BCUT2D eigenvalue weighted by Crippen LogP contribution is -2.35. The van der Waals surface area contributed by atoms with Gasteiger partial charge in [0.15, 0.2) is 0 Å². The molecule has 2 atom stereocenters. The molecule has 0 aromatic carbocycles. The SMILES string of the molecule is CC1CC(C)CC(OCC2(CS)CCCCC2)C1. The summed E-state index contributed by atoms with van der Waals surface area (Å²) in [6, 6.07) is 0. The second-order valence-electron chi connectivity index (χ2n) is 7.07. The van der Waals surface area contributed by atoms with Crippen molar-refractivity contribution < 1.29 is 4.74 Å². The van der Waals surface area contributed by atoms with Crippen LogP contribution in [0, 0.1) is 17.3 Å². The smallest absolute Gasteiger partial charge is 0.0580 e. The van der Waals surface area contributed by atoms with Gasteiger partial charge in [0.05, 0.1) is 12.7 Å². The van der Waals surface area contributed by atoms with Crippen molar-refractivity contribution in [3.8, 4) is 0 Å². The number of rotatable bonds is 4. The van der Waals surface area contributed by atoms with E-state index in [1.54, 1.807) is 0 Å². The minimum Gasteiger partial charge on any atom is -0.378 e. The van der Waals surface area contributed by atoms with Gasteiger partial charge in [-0.3, -0.25) is 0 Å². The standard InChI is InChI=1S/C16H30OS/c1-13-8-14(2)10-15(9-13)17-11-16(12-18)6-4-3-5-7-16/h13-15,18H,3-12H2,1-2H3. The molecule has 0 spiro atoms. The van der Waals surface area contributed by atoms with Crippen molar-refractivity contribution in [3.05, 3.63) is 0 Å². The zero-order chi connectivity index (χ0) is 13.0. The number of hydrogen-bond donors (Lipinski definition) is 1. The molecule has 18 heavy (non-hydrogen) atoms. The van der Waals surface area contributed by atoms with E-state index in [4.69, 9.17) is 4.74 Å². The van der Waals surface area contributed by atoms with E-state index in [0.29, 0.717) is 11.5 Å². The zero-order valence-corrected chi connectivity index (χ0v) is 13.1. The first-order valence-electron chi connectivity index (χ1n) is 7.86. The fraction of sp³-hybridized carbons (Fsp3) is 1.00. The van der Waals surface area contributed by atoms with E-state index in [-0.39, 0.29) is 0 Å². The zero-order valence-electron chi connectivity index (χ0n) is 12.2. The Morgan fingerprint density at radius 2 is 1.61 bits per heavy atom. The van der Waals surface area contributed by atoms with Crippen LogP contribution in [0.25, 0.3) is 0 Å². The van der Waals surface area contributed by atoms with Gasteiger partial charge in [-0.15, -0.1) is 0 Å². The Morgan fingerprint density at radius 3 is 2.17 bits per heavy atom. The summed E-state index contributed by atoms with van der Waals surface area (Å²) in [5, 5.41) is 0. The Bertz CT molecular complexity index is 237. The highest BCUT2D eigenvalue weighted by Gasteiger charge is 2.33. The average Bonchev–Trinajstić information content (AvgIpc) is 2.36. The van der Waals surface area contributed by atoms with Crippen molar-refractivity contribution in [1.29, 1.82) is 0 Å².